The van der Waals surface area contributed by atoms with Gasteiger partial charge in [0.2, 0.25) is 5.91 Å². The van der Waals surface area contributed by atoms with Crippen LogP contribution in [-0.4, -0.2) is 55.0 Å². The predicted octanol–water partition coefficient (Wildman–Crippen LogP) is 5.16. The zero-order valence-electron chi connectivity index (χ0n) is 19.7. The fourth-order valence-corrected chi connectivity index (χ4v) is 5.77. The molecule has 0 saturated carbocycles. The Morgan fingerprint density at radius 1 is 1.00 bits per heavy atom. The van der Waals surface area contributed by atoms with Gasteiger partial charge < -0.3 is 14.5 Å². The Morgan fingerprint density at radius 2 is 1.77 bits per heavy atom. The molecule has 1 aliphatic heterocycles. The molecule has 0 N–H and O–H groups in total. The fraction of sp³-hybridized carbons (Fsp3) is 0.241. The number of fused-ring (bicyclic) bond motifs is 2. The molecule has 0 aliphatic carbocycles. The zero-order chi connectivity index (χ0) is 24.2. The topological polar surface area (TPSA) is 49.9 Å². The number of hydrogen-bond donors (Lipinski definition) is 0. The summed E-state index contributed by atoms with van der Waals surface area (Å²) >= 11 is 1.75. The van der Waals surface area contributed by atoms with Gasteiger partial charge in [-0.1, -0.05) is 66.7 Å². The van der Waals surface area contributed by atoms with Gasteiger partial charge in [0.25, 0.3) is 5.91 Å². The van der Waals surface area contributed by atoms with Gasteiger partial charge in [-0.2, -0.15) is 0 Å². The van der Waals surface area contributed by atoms with Gasteiger partial charge in [-0.05, 0) is 45.8 Å². The van der Waals surface area contributed by atoms with Crippen molar-refractivity contribution in [2.45, 2.75) is 12.5 Å². The molecule has 35 heavy (non-hydrogen) atoms. The Labute approximate surface area is 209 Å². The molecule has 0 bridgehead atoms. The zero-order valence-corrected chi connectivity index (χ0v) is 20.5. The van der Waals surface area contributed by atoms with Gasteiger partial charge >= 0.3 is 0 Å². The first-order valence-electron chi connectivity index (χ1n) is 11.8. The quantitative estimate of drug-likeness (QED) is 0.364. The molecule has 0 radical (unpaired) electrons. The third kappa shape index (κ3) is 4.72. The number of methoxy groups -OCH3 is 1. The SMILES string of the molecule is COCCN(CC(=O)N1CCc2sccc2C1c1ccccc1)C(=O)c1cccc2ccccc12. The van der Waals surface area contributed by atoms with E-state index >= 15 is 0 Å². The first kappa shape index (κ1) is 23.3. The first-order valence-corrected chi connectivity index (χ1v) is 12.7. The Kier molecular flexibility index (Phi) is 6.93. The highest BCUT2D eigenvalue weighted by atomic mass is 32.1. The molecule has 1 unspecified atom stereocenters. The number of carbonyl (C=O) groups is 2. The lowest BCUT2D eigenvalue weighted by Gasteiger charge is -2.37. The lowest BCUT2D eigenvalue weighted by Crippen LogP contribution is -2.47. The fourth-order valence-electron chi connectivity index (χ4n) is 4.87. The number of hydrogen-bond acceptors (Lipinski definition) is 4. The predicted molar refractivity (Wildman–Crippen MR) is 140 cm³/mol. The second-order valence-electron chi connectivity index (χ2n) is 8.70. The normalized spacial score (nSPS) is 15.1. The number of amides is 2. The maximum absolute atomic E-state index is 13.8. The molecule has 1 atom stereocenters. The van der Waals surface area contributed by atoms with Crippen molar-refractivity contribution in [1.29, 1.82) is 0 Å². The van der Waals surface area contributed by atoms with Crippen LogP contribution in [0.25, 0.3) is 10.8 Å². The molecule has 4 aromatic rings. The standard InChI is InChI=1S/C29H28N2O3S/c1-34-18-17-30(29(33)24-13-7-11-21-8-5-6-12-23(21)24)20-27(32)31-16-14-26-25(15-19-35-26)28(31)22-9-3-2-4-10-22/h2-13,15,19,28H,14,16-18,20H2,1H3. The van der Waals surface area contributed by atoms with Crippen LogP contribution >= 0.6 is 11.3 Å². The Hall–Kier alpha value is -3.48. The number of ether oxygens (including phenoxy) is 1. The van der Waals surface area contributed by atoms with Gasteiger partial charge in [0.15, 0.2) is 0 Å². The number of nitrogens with zero attached hydrogens (tertiary/aromatic N) is 2. The molecule has 0 fully saturated rings. The average Bonchev–Trinajstić information content (AvgIpc) is 3.39. The van der Waals surface area contributed by atoms with Crippen molar-refractivity contribution >= 4 is 33.9 Å². The minimum Gasteiger partial charge on any atom is -0.383 e. The van der Waals surface area contributed by atoms with E-state index in [4.69, 9.17) is 4.74 Å². The molecule has 2 amide bonds. The van der Waals surface area contributed by atoms with Crippen LogP contribution in [0.15, 0.2) is 84.2 Å². The highest BCUT2D eigenvalue weighted by molar-refractivity contribution is 7.10. The van der Waals surface area contributed by atoms with Crippen LogP contribution in [0.5, 0.6) is 0 Å². The van der Waals surface area contributed by atoms with Crippen LogP contribution in [0, 0.1) is 0 Å². The summed E-state index contributed by atoms with van der Waals surface area (Å²) in [4.78, 5) is 32.4. The van der Waals surface area contributed by atoms with Crippen LogP contribution in [-0.2, 0) is 16.0 Å². The van der Waals surface area contributed by atoms with E-state index in [1.807, 2.05) is 65.6 Å². The van der Waals surface area contributed by atoms with Crippen molar-refractivity contribution in [3.63, 3.8) is 0 Å². The molecule has 0 spiro atoms. The van der Waals surface area contributed by atoms with Gasteiger partial charge in [-0.3, -0.25) is 9.59 Å². The summed E-state index contributed by atoms with van der Waals surface area (Å²) in [6, 6.07) is 25.7. The monoisotopic (exact) mass is 484 g/mol. The van der Waals surface area contributed by atoms with Crippen LogP contribution in [0.2, 0.25) is 0 Å². The van der Waals surface area contributed by atoms with E-state index in [0.717, 1.165) is 22.8 Å². The molecule has 178 valence electrons. The maximum atomic E-state index is 13.8. The third-order valence-corrected chi connectivity index (χ3v) is 7.60. The van der Waals surface area contributed by atoms with E-state index in [-0.39, 0.29) is 24.4 Å². The van der Waals surface area contributed by atoms with Crippen LogP contribution in [0.4, 0.5) is 0 Å². The summed E-state index contributed by atoms with van der Waals surface area (Å²) in [7, 11) is 1.61. The molecule has 0 saturated heterocycles. The molecular weight excluding hydrogens is 456 g/mol. The van der Waals surface area contributed by atoms with Gasteiger partial charge in [-0.15, -0.1) is 11.3 Å². The Bertz CT molecular complexity index is 1330. The lowest BCUT2D eigenvalue weighted by atomic mass is 9.93. The summed E-state index contributed by atoms with van der Waals surface area (Å²) < 4.78 is 5.28. The van der Waals surface area contributed by atoms with E-state index in [9.17, 15) is 9.59 Å². The van der Waals surface area contributed by atoms with Gasteiger partial charge in [-0.25, -0.2) is 0 Å². The molecule has 6 heteroatoms. The van der Waals surface area contributed by atoms with Crippen molar-refractivity contribution in [3.05, 3.63) is 106 Å². The van der Waals surface area contributed by atoms with Gasteiger partial charge in [0.1, 0.15) is 6.54 Å². The van der Waals surface area contributed by atoms with Crippen molar-refractivity contribution in [2.75, 3.05) is 33.4 Å². The van der Waals surface area contributed by atoms with Crippen molar-refractivity contribution < 1.29 is 14.3 Å². The van der Waals surface area contributed by atoms with E-state index in [1.54, 1.807) is 23.3 Å². The highest BCUT2D eigenvalue weighted by Gasteiger charge is 2.34. The van der Waals surface area contributed by atoms with Crippen molar-refractivity contribution in [3.8, 4) is 0 Å². The van der Waals surface area contributed by atoms with Gasteiger partial charge in [0.05, 0.1) is 12.6 Å². The van der Waals surface area contributed by atoms with Gasteiger partial charge in [0, 0.05) is 30.6 Å². The maximum Gasteiger partial charge on any atom is 0.255 e. The number of carbonyl (C=O) groups excluding carboxylic acids is 2. The van der Waals surface area contributed by atoms with Crippen molar-refractivity contribution in [2.24, 2.45) is 0 Å². The summed E-state index contributed by atoms with van der Waals surface area (Å²) in [5, 5.41) is 3.99. The minimum absolute atomic E-state index is 0.00815. The largest absolute Gasteiger partial charge is 0.383 e. The van der Waals surface area contributed by atoms with E-state index < -0.39 is 0 Å². The third-order valence-electron chi connectivity index (χ3n) is 6.60. The number of benzene rings is 3. The summed E-state index contributed by atoms with van der Waals surface area (Å²) in [6.07, 6.45) is 0.831. The van der Waals surface area contributed by atoms with Crippen molar-refractivity contribution in [1.82, 2.24) is 9.80 Å². The van der Waals surface area contributed by atoms with Crippen LogP contribution in [0.3, 0.4) is 0 Å². The molecule has 3 aromatic carbocycles. The Balaban J connectivity index is 1.45. The average molecular weight is 485 g/mol. The molecular formula is C29H28N2O3S. The highest BCUT2D eigenvalue weighted by Crippen LogP contribution is 2.37. The van der Waals surface area contributed by atoms with Crippen LogP contribution < -0.4 is 0 Å². The summed E-state index contributed by atoms with van der Waals surface area (Å²) in [5.41, 5.74) is 2.87. The molecule has 1 aliphatic rings. The first-order chi connectivity index (χ1) is 17.2. The summed E-state index contributed by atoms with van der Waals surface area (Å²) in [6.45, 7) is 1.35. The van der Waals surface area contributed by atoms with E-state index in [1.165, 1.54) is 10.4 Å². The molecule has 2 heterocycles. The number of thiophene rings is 1. The summed E-state index contributed by atoms with van der Waals surface area (Å²) in [5.74, 6) is -0.211. The molecule has 5 nitrogen and oxygen atoms in total. The van der Waals surface area contributed by atoms with Crippen LogP contribution in [0.1, 0.15) is 32.4 Å². The molecule has 5 rings (SSSR count). The minimum atomic E-state index is -0.156. The Morgan fingerprint density at radius 3 is 2.60 bits per heavy atom. The van der Waals surface area contributed by atoms with E-state index in [0.29, 0.717) is 25.3 Å². The second-order valence-corrected chi connectivity index (χ2v) is 9.70. The number of rotatable bonds is 7. The smallest absolute Gasteiger partial charge is 0.255 e. The van der Waals surface area contributed by atoms with E-state index in [2.05, 4.69) is 23.6 Å². The second kappa shape index (κ2) is 10.4. The molecule has 1 aromatic heterocycles. The lowest BCUT2D eigenvalue weighted by molar-refractivity contribution is -0.134.